The molecule has 1 aliphatic rings. The molecule has 1 fully saturated rings. The van der Waals surface area contributed by atoms with E-state index in [2.05, 4.69) is 25.2 Å². The normalized spacial score (nSPS) is 16.7. The van der Waals surface area contributed by atoms with E-state index in [1.54, 1.807) is 12.1 Å². The van der Waals surface area contributed by atoms with Gasteiger partial charge in [0, 0.05) is 12.3 Å². The van der Waals surface area contributed by atoms with Crippen molar-refractivity contribution >= 4 is 35.0 Å². The zero-order valence-corrected chi connectivity index (χ0v) is 16.5. The Morgan fingerprint density at radius 3 is 2.65 bits per heavy atom. The van der Waals surface area contributed by atoms with Crippen molar-refractivity contribution in [1.29, 1.82) is 0 Å². The molecule has 0 spiro atoms. The Labute approximate surface area is 177 Å². The standard InChI is InChI=1S/C19H13F3N4O4S/c1-29-15(27)9-14-16(28)25-18(31-14)26-24-10-11-4-6-12(7-5-11)30-17-13(19(20,21)22)3-2-8-23-17/h2-10H,1H3,(H,25,26,28)/b14-9+,24-10?. The fourth-order valence-electron chi connectivity index (χ4n) is 2.21. The Morgan fingerprint density at radius 2 is 1.97 bits per heavy atom. The molecule has 0 atom stereocenters. The van der Waals surface area contributed by atoms with Crippen molar-refractivity contribution in [3.8, 4) is 11.6 Å². The molecule has 3 rings (SSSR count). The molecule has 0 bridgehead atoms. The van der Waals surface area contributed by atoms with E-state index in [1.807, 2.05) is 0 Å². The third-order valence-corrected chi connectivity index (χ3v) is 4.53. The fourth-order valence-corrected chi connectivity index (χ4v) is 2.95. The molecule has 12 heteroatoms. The van der Waals surface area contributed by atoms with E-state index in [1.165, 1.54) is 37.7 Å². The van der Waals surface area contributed by atoms with Gasteiger partial charge in [-0.15, -0.1) is 5.10 Å². The van der Waals surface area contributed by atoms with Crippen LogP contribution >= 0.6 is 11.8 Å². The van der Waals surface area contributed by atoms with Crippen LogP contribution < -0.4 is 10.1 Å². The lowest BCUT2D eigenvalue weighted by atomic mass is 10.2. The first kappa shape index (κ1) is 22.0. The summed E-state index contributed by atoms with van der Waals surface area (Å²) in [5.41, 5.74) is -0.401. The first-order valence-corrected chi connectivity index (χ1v) is 9.28. The molecule has 2 heterocycles. The molecule has 8 nitrogen and oxygen atoms in total. The number of nitrogens with one attached hydrogen (secondary N) is 1. The van der Waals surface area contributed by atoms with Crippen LogP contribution in [0.3, 0.4) is 0 Å². The van der Waals surface area contributed by atoms with Gasteiger partial charge in [0.05, 0.1) is 18.2 Å². The SMILES string of the molecule is COC(=O)/C=C1/S/C(=N\N=Cc2ccc(Oc3ncccc3C(F)(F)F)cc2)NC1=O. The number of amides is 1. The summed E-state index contributed by atoms with van der Waals surface area (Å²) in [5, 5.41) is 10.3. The number of carbonyl (C=O) groups is 2. The zero-order chi connectivity index (χ0) is 22.4. The number of hydrogen-bond donors (Lipinski definition) is 1. The van der Waals surface area contributed by atoms with E-state index in [0.29, 0.717) is 5.56 Å². The summed E-state index contributed by atoms with van der Waals surface area (Å²) in [6, 6.07) is 8.07. The minimum Gasteiger partial charge on any atom is -0.466 e. The Morgan fingerprint density at radius 1 is 1.23 bits per heavy atom. The van der Waals surface area contributed by atoms with Crippen molar-refractivity contribution in [2.75, 3.05) is 7.11 Å². The van der Waals surface area contributed by atoms with Crippen LogP contribution in [0.2, 0.25) is 0 Å². The first-order chi connectivity index (χ1) is 14.8. The number of nitrogens with zero attached hydrogens (tertiary/aromatic N) is 3. The van der Waals surface area contributed by atoms with E-state index < -0.39 is 29.5 Å². The Hall–Kier alpha value is -3.67. The molecule has 1 N–H and O–H groups in total. The lowest BCUT2D eigenvalue weighted by Crippen LogP contribution is -2.19. The second-order valence-corrected chi connectivity index (χ2v) is 6.79. The molecule has 0 radical (unpaired) electrons. The predicted octanol–water partition coefficient (Wildman–Crippen LogP) is 3.50. The quantitative estimate of drug-likeness (QED) is 0.324. The highest BCUT2D eigenvalue weighted by molar-refractivity contribution is 8.18. The number of thioether (sulfide) groups is 1. The molecule has 2 aromatic rings. The van der Waals surface area contributed by atoms with Gasteiger partial charge in [0.1, 0.15) is 11.3 Å². The number of ether oxygens (including phenoxy) is 2. The number of methoxy groups -OCH3 is 1. The molecule has 160 valence electrons. The minimum absolute atomic E-state index is 0.120. The summed E-state index contributed by atoms with van der Waals surface area (Å²) < 4.78 is 48.7. The van der Waals surface area contributed by atoms with E-state index >= 15 is 0 Å². The molecule has 1 saturated heterocycles. The van der Waals surface area contributed by atoms with Gasteiger partial charge in [-0.05, 0) is 53.7 Å². The maximum atomic E-state index is 13.0. The van der Waals surface area contributed by atoms with Crippen molar-refractivity contribution in [3.63, 3.8) is 0 Å². The third-order valence-electron chi connectivity index (χ3n) is 3.63. The van der Waals surface area contributed by atoms with Crippen LogP contribution in [-0.2, 0) is 20.5 Å². The van der Waals surface area contributed by atoms with Crippen LogP contribution in [0.4, 0.5) is 13.2 Å². The van der Waals surface area contributed by atoms with Gasteiger partial charge in [-0.25, -0.2) is 9.78 Å². The average Bonchev–Trinajstić information content (AvgIpc) is 3.08. The molecular weight excluding hydrogens is 437 g/mol. The molecule has 0 unspecified atom stereocenters. The average molecular weight is 450 g/mol. The second-order valence-electron chi connectivity index (χ2n) is 5.76. The van der Waals surface area contributed by atoms with Crippen LogP contribution in [0.25, 0.3) is 0 Å². The van der Waals surface area contributed by atoms with Crippen LogP contribution in [0.15, 0.2) is 63.8 Å². The summed E-state index contributed by atoms with van der Waals surface area (Å²) >= 11 is 0.922. The largest absolute Gasteiger partial charge is 0.466 e. The molecular formula is C19H13F3N4O4S. The van der Waals surface area contributed by atoms with Gasteiger partial charge in [-0.3, -0.25) is 10.1 Å². The molecule has 0 aliphatic carbocycles. The number of alkyl halides is 3. The highest BCUT2D eigenvalue weighted by Crippen LogP contribution is 2.36. The Bertz CT molecular complexity index is 1080. The van der Waals surface area contributed by atoms with Gasteiger partial charge < -0.3 is 9.47 Å². The van der Waals surface area contributed by atoms with E-state index in [4.69, 9.17) is 4.74 Å². The number of esters is 1. The summed E-state index contributed by atoms with van der Waals surface area (Å²) in [4.78, 5) is 26.7. The van der Waals surface area contributed by atoms with Gasteiger partial charge in [0.25, 0.3) is 5.91 Å². The number of aromatic nitrogens is 1. The van der Waals surface area contributed by atoms with Crippen molar-refractivity contribution in [1.82, 2.24) is 10.3 Å². The predicted molar refractivity (Wildman–Crippen MR) is 107 cm³/mol. The number of halogens is 3. The minimum atomic E-state index is -4.59. The summed E-state index contributed by atoms with van der Waals surface area (Å²) in [6.45, 7) is 0. The van der Waals surface area contributed by atoms with E-state index in [0.717, 1.165) is 23.9 Å². The number of benzene rings is 1. The number of hydrogen-bond acceptors (Lipinski definition) is 8. The second kappa shape index (κ2) is 9.43. The number of pyridine rings is 1. The highest BCUT2D eigenvalue weighted by atomic mass is 32.2. The van der Waals surface area contributed by atoms with Crippen LogP contribution in [-0.4, -0.2) is 35.4 Å². The monoisotopic (exact) mass is 450 g/mol. The summed E-state index contributed by atoms with van der Waals surface area (Å²) in [5.74, 6) is -1.56. The first-order valence-electron chi connectivity index (χ1n) is 8.46. The van der Waals surface area contributed by atoms with E-state index in [9.17, 15) is 22.8 Å². The molecule has 1 aliphatic heterocycles. The highest BCUT2D eigenvalue weighted by Gasteiger charge is 2.35. The lowest BCUT2D eigenvalue weighted by Gasteiger charge is -2.12. The zero-order valence-electron chi connectivity index (χ0n) is 15.7. The van der Waals surface area contributed by atoms with Crippen molar-refractivity contribution < 1.29 is 32.2 Å². The Kier molecular flexibility index (Phi) is 6.70. The topological polar surface area (TPSA) is 102 Å². The number of amidine groups is 1. The molecule has 1 aromatic heterocycles. The Balaban J connectivity index is 1.65. The summed E-state index contributed by atoms with van der Waals surface area (Å²) in [7, 11) is 1.19. The molecule has 1 amide bonds. The van der Waals surface area contributed by atoms with Crippen molar-refractivity contribution in [3.05, 3.63) is 64.7 Å². The van der Waals surface area contributed by atoms with E-state index in [-0.39, 0.29) is 15.8 Å². The van der Waals surface area contributed by atoms with Crippen LogP contribution in [0.5, 0.6) is 11.6 Å². The fraction of sp³-hybridized carbons (Fsp3) is 0.105. The van der Waals surface area contributed by atoms with Crippen LogP contribution in [0.1, 0.15) is 11.1 Å². The summed E-state index contributed by atoms with van der Waals surface area (Å²) in [6.07, 6.45) is -0.977. The molecule has 31 heavy (non-hydrogen) atoms. The smallest absolute Gasteiger partial charge is 0.421 e. The van der Waals surface area contributed by atoms with Gasteiger partial charge in [-0.1, -0.05) is 0 Å². The maximum absolute atomic E-state index is 13.0. The maximum Gasteiger partial charge on any atom is 0.421 e. The number of carbonyl (C=O) groups excluding carboxylic acids is 2. The third kappa shape index (κ3) is 5.92. The van der Waals surface area contributed by atoms with Gasteiger partial charge >= 0.3 is 12.1 Å². The van der Waals surface area contributed by atoms with Crippen molar-refractivity contribution in [2.45, 2.75) is 6.18 Å². The molecule has 0 saturated carbocycles. The van der Waals surface area contributed by atoms with Crippen LogP contribution in [0, 0.1) is 0 Å². The number of rotatable bonds is 5. The van der Waals surface area contributed by atoms with Gasteiger partial charge in [0.15, 0.2) is 5.17 Å². The molecule has 1 aromatic carbocycles. The van der Waals surface area contributed by atoms with Crippen molar-refractivity contribution in [2.24, 2.45) is 10.2 Å². The van der Waals surface area contributed by atoms with Gasteiger partial charge in [0.2, 0.25) is 5.88 Å². The van der Waals surface area contributed by atoms with Gasteiger partial charge in [-0.2, -0.15) is 18.3 Å². The lowest BCUT2D eigenvalue weighted by molar-refractivity contribution is -0.139.